The molecule has 0 radical (unpaired) electrons. The van der Waals surface area contributed by atoms with Crippen LogP contribution >= 0.6 is 0 Å². The van der Waals surface area contributed by atoms with Crippen LogP contribution in [0, 0.1) is 5.82 Å². The molecule has 2 aliphatic rings. The minimum Gasteiger partial charge on any atom is -0.310 e. The van der Waals surface area contributed by atoms with E-state index in [2.05, 4.69) is 15.2 Å². The number of piperidine rings is 1. The van der Waals surface area contributed by atoms with Gasteiger partial charge in [-0.05, 0) is 44.1 Å². The van der Waals surface area contributed by atoms with Crippen molar-refractivity contribution < 1.29 is 4.39 Å². The van der Waals surface area contributed by atoms with Crippen LogP contribution in [0.2, 0.25) is 0 Å². The standard InChI is InChI=1S/C24H26FN5O2/c25-21-7-11-26-14-18(21)2-1-10-27-19-8-12-28(13-9-19)15-20-16-29-22(31)5-3-17-4-6-23(32)30(20)24(17)29/h1-7,11,14,19-20,27H,8-10,12-13,15-16H2/b2-1+/t20-/m1/s1. The predicted octanol–water partition coefficient (Wildman–Crippen LogP) is 2.02. The van der Waals surface area contributed by atoms with Gasteiger partial charge in [-0.25, -0.2) is 4.39 Å². The van der Waals surface area contributed by atoms with Gasteiger partial charge in [-0.2, -0.15) is 0 Å². The maximum atomic E-state index is 13.6. The van der Waals surface area contributed by atoms with Crippen molar-refractivity contribution in [2.45, 2.75) is 31.5 Å². The Hall–Kier alpha value is -3.10. The summed E-state index contributed by atoms with van der Waals surface area (Å²) in [6.45, 7) is 3.85. The van der Waals surface area contributed by atoms with Crippen molar-refractivity contribution in [1.29, 1.82) is 0 Å². The summed E-state index contributed by atoms with van der Waals surface area (Å²) in [6, 6.07) is 8.50. The first-order chi connectivity index (χ1) is 15.6. The van der Waals surface area contributed by atoms with E-state index < -0.39 is 0 Å². The molecule has 5 heterocycles. The quantitative estimate of drug-likeness (QED) is 0.642. The molecule has 1 N–H and O–H groups in total. The second-order valence-electron chi connectivity index (χ2n) is 8.54. The van der Waals surface area contributed by atoms with E-state index in [0.29, 0.717) is 24.7 Å². The van der Waals surface area contributed by atoms with Crippen LogP contribution in [0.3, 0.4) is 0 Å². The number of rotatable bonds is 6. The number of hydrogen-bond acceptors (Lipinski definition) is 5. The molecule has 0 unspecified atom stereocenters. The van der Waals surface area contributed by atoms with E-state index in [1.807, 2.05) is 6.08 Å². The Kier molecular flexibility index (Phi) is 5.71. The summed E-state index contributed by atoms with van der Waals surface area (Å²) < 4.78 is 17.2. The topological polar surface area (TPSA) is 72.2 Å². The Balaban J connectivity index is 1.16. The minimum absolute atomic E-state index is 0.0249. The predicted molar refractivity (Wildman–Crippen MR) is 122 cm³/mol. The molecule has 5 rings (SSSR count). The van der Waals surface area contributed by atoms with Gasteiger partial charge >= 0.3 is 0 Å². The van der Waals surface area contributed by atoms with Gasteiger partial charge in [0.05, 0.1) is 6.04 Å². The normalized spacial score (nSPS) is 19.3. The first-order valence-corrected chi connectivity index (χ1v) is 11.1. The number of likely N-dealkylation sites (tertiary alicyclic amines) is 1. The zero-order valence-electron chi connectivity index (χ0n) is 17.8. The molecule has 7 nitrogen and oxygen atoms in total. The fourth-order valence-corrected chi connectivity index (χ4v) is 4.84. The molecule has 32 heavy (non-hydrogen) atoms. The van der Waals surface area contributed by atoms with Crippen molar-refractivity contribution in [3.8, 4) is 0 Å². The Morgan fingerprint density at radius 2 is 1.88 bits per heavy atom. The van der Waals surface area contributed by atoms with Crippen LogP contribution in [-0.2, 0) is 6.54 Å². The van der Waals surface area contributed by atoms with Gasteiger partial charge in [0.1, 0.15) is 11.5 Å². The molecule has 2 aliphatic heterocycles. The molecule has 166 valence electrons. The van der Waals surface area contributed by atoms with E-state index in [-0.39, 0.29) is 23.0 Å². The SMILES string of the molecule is O=c1ccc2ccc(=O)n3c2n1C[C@H]3CN1CCC(NC/C=C/c2cnccc2F)CC1. The van der Waals surface area contributed by atoms with E-state index in [4.69, 9.17) is 0 Å². The number of hydrogen-bond donors (Lipinski definition) is 1. The third kappa shape index (κ3) is 4.03. The molecule has 1 atom stereocenters. The smallest absolute Gasteiger partial charge is 0.252 e. The van der Waals surface area contributed by atoms with Gasteiger partial charge in [-0.3, -0.25) is 23.7 Å². The third-order valence-corrected chi connectivity index (χ3v) is 6.49. The molecule has 0 saturated carbocycles. The van der Waals surface area contributed by atoms with Gasteiger partial charge in [0, 0.05) is 61.2 Å². The van der Waals surface area contributed by atoms with Gasteiger partial charge in [0.25, 0.3) is 11.1 Å². The summed E-state index contributed by atoms with van der Waals surface area (Å²) in [5.74, 6) is -0.268. The number of nitrogens with zero attached hydrogens (tertiary/aromatic N) is 4. The van der Waals surface area contributed by atoms with Crippen LogP contribution in [-0.4, -0.2) is 51.2 Å². The Morgan fingerprint density at radius 1 is 1.09 bits per heavy atom. The van der Waals surface area contributed by atoms with Crippen molar-refractivity contribution in [1.82, 2.24) is 24.3 Å². The van der Waals surface area contributed by atoms with Crippen LogP contribution in [0.25, 0.3) is 17.1 Å². The van der Waals surface area contributed by atoms with E-state index >= 15 is 0 Å². The highest BCUT2D eigenvalue weighted by Crippen LogP contribution is 2.25. The van der Waals surface area contributed by atoms with Crippen molar-refractivity contribution in [2.75, 3.05) is 26.2 Å². The average Bonchev–Trinajstić information content (AvgIpc) is 3.19. The van der Waals surface area contributed by atoms with Crippen molar-refractivity contribution in [3.05, 3.63) is 80.9 Å². The summed E-state index contributed by atoms with van der Waals surface area (Å²) in [7, 11) is 0. The second-order valence-corrected chi connectivity index (χ2v) is 8.54. The first-order valence-electron chi connectivity index (χ1n) is 11.1. The Labute approximate surface area is 184 Å². The number of halogens is 1. The molecule has 3 aromatic heterocycles. The van der Waals surface area contributed by atoms with Gasteiger partial charge < -0.3 is 10.2 Å². The Morgan fingerprint density at radius 3 is 2.66 bits per heavy atom. The molecule has 0 amide bonds. The van der Waals surface area contributed by atoms with Crippen molar-refractivity contribution in [3.63, 3.8) is 0 Å². The molecule has 8 heteroatoms. The summed E-state index contributed by atoms with van der Waals surface area (Å²) in [5.41, 5.74) is 1.13. The molecular formula is C24H26FN5O2. The molecule has 3 aromatic rings. The average molecular weight is 436 g/mol. The fourth-order valence-electron chi connectivity index (χ4n) is 4.84. The molecule has 0 bridgehead atoms. The van der Waals surface area contributed by atoms with Gasteiger partial charge in [0.2, 0.25) is 0 Å². The lowest BCUT2D eigenvalue weighted by Crippen LogP contribution is -2.44. The molecule has 0 aliphatic carbocycles. The summed E-state index contributed by atoms with van der Waals surface area (Å²) >= 11 is 0. The summed E-state index contributed by atoms with van der Waals surface area (Å²) in [4.78, 5) is 31.2. The van der Waals surface area contributed by atoms with Gasteiger partial charge in [0.15, 0.2) is 0 Å². The van der Waals surface area contributed by atoms with Crippen LogP contribution in [0.1, 0.15) is 24.4 Å². The first kappa shape index (κ1) is 20.8. The lowest BCUT2D eigenvalue weighted by atomic mass is 10.0. The van der Waals surface area contributed by atoms with Crippen molar-refractivity contribution in [2.24, 2.45) is 0 Å². The Bertz CT molecular complexity index is 1270. The van der Waals surface area contributed by atoms with E-state index in [1.54, 1.807) is 39.5 Å². The zero-order valence-corrected chi connectivity index (χ0v) is 17.8. The fraction of sp³-hybridized carbons (Fsp3) is 0.375. The van der Waals surface area contributed by atoms with Crippen LogP contribution in [0.15, 0.2) is 58.4 Å². The number of aromatic nitrogens is 3. The zero-order chi connectivity index (χ0) is 22.1. The molecule has 0 spiro atoms. The number of nitrogens with one attached hydrogen (secondary N) is 1. The maximum absolute atomic E-state index is 13.6. The van der Waals surface area contributed by atoms with Crippen LogP contribution in [0.4, 0.5) is 4.39 Å². The molecule has 1 fully saturated rings. The highest BCUT2D eigenvalue weighted by molar-refractivity contribution is 5.76. The van der Waals surface area contributed by atoms with Crippen molar-refractivity contribution >= 4 is 17.1 Å². The van der Waals surface area contributed by atoms with Crippen LogP contribution < -0.4 is 16.4 Å². The van der Waals surface area contributed by atoms with Gasteiger partial charge in [-0.1, -0.05) is 12.2 Å². The lowest BCUT2D eigenvalue weighted by Gasteiger charge is -2.34. The second kappa shape index (κ2) is 8.80. The summed E-state index contributed by atoms with van der Waals surface area (Å²) in [6.07, 6.45) is 8.65. The summed E-state index contributed by atoms with van der Waals surface area (Å²) in [5, 5.41) is 4.44. The minimum atomic E-state index is -0.268. The molecule has 0 aromatic carbocycles. The lowest BCUT2D eigenvalue weighted by molar-refractivity contribution is 0.173. The molecule has 1 saturated heterocycles. The van der Waals surface area contributed by atoms with E-state index in [9.17, 15) is 14.0 Å². The highest BCUT2D eigenvalue weighted by atomic mass is 19.1. The van der Waals surface area contributed by atoms with E-state index in [0.717, 1.165) is 43.5 Å². The third-order valence-electron chi connectivity index (χ3n) is 6.49. The maximum Gasteiger partial charge on any atom is 0.252 e. The van der Waals surface area contributed by atoms with E-state index in [1.165, 1.54) is 18.5 Å². The monoisotopic (exact) mass is 435 g/mol. The largest absolute Gasteiger partial charge is 0.310 e. The molecular weight excluding hydrogens is 409 g/mol. The van der Waals surface area contributed by atoms with Gasteiger partial charge in [-0.15, -0.1) is 0 Å². The van der Waals surface area contributed by atoms with Crippen LogP contribution in [0.5, 0.6) is 0 Å². The number of pyridine rings is 3. The highest BCUT2D eigenvalue weighted by Gasteiger charge is 2.29.